The van der Waals surface area contributed by atoms with Crippen molar-refractivity contribution >= 4 is 11.9 Å². The Bertz CT molecular complexity index is 688. The number of amides is 1. The van der Waals surface area contributed by atoms with Crippen LogP contribution in [0.4, 0.5) is 0 Å². The van der Waals surface area contributed by atoms with Crippen molar-refractivity contribution < 1.29 is 14.3 Å². The van der Waals surface area contributed by atoms with Crippen LogP contribution in [0.3, 0.4) is 0 Å². The number of likely N-dealkylation sites (tertiary alicyclic amines) is 1. The van der Waals surface area contributed by atoms with E-state index in [2.05, 4.69) is 4.98 Å². The van der Waals surface area contributed by atoms with Crippen LogP contribution in [0.5, 0.6) is 0 Å². The number of ether oxygens (including phenoxy) is 1. The van der Waals surface area contributed by atoms with Crippen LogP contribution in [-0.2, 0) is 4.74 Å². The van der Waals surface area contributed by atoms with Gasteiger partial charge in [-0.1, -0.05) is 18.2 Å². The first-order valence-corrected chi connectivity index (χ1v) is 8.15. The maximum atomic E-state index is 12.5. The van der Waals surface area contributed by atoms with Crippen molar-refractivity contribution in [2.24, 2.45) is 5.92 Å². The molecule has 1 saturated heterocycles. The molecule has 0 N–H and O–H groups in total. The lowest BCUT2D eigenvalue weighted by Gasteiger charge is -2.32. The second-order valence-electron chi connectivity index (χ2n) is 5.96. The average molecular weight is 324 g/mol. The molecule has 1 aromatic carbocycles. The summed E-state index contributed by atoms with van der Waals surface area (Å²) in [5.41, 5.74) is 1.20. The number of benzene rings is 1. The highest BCUT2D eigenvalue weighted by molar-refractivity contribution is 5.94. The van der Waals surface area contributed by atoms with Gasteiger partial charge in [0.25, 0.3) is 5.91 Å². The molecule has 0 saturated carbocycles. The first kappa shape index (κ1) is 16.2. The highest BCUT2D eigenvalue weighted by Gasteiger charge is 2.25. The quantitative estimate of drug-likeness (QED) is 0.812. The van der Waals surface area contributed by atoms with Gasteiger partial charge in [-0.2, -0.15) is 0 Å². The molecule has 1 unspecified atom stereocenters. The zero-order chi connectivity index (χ0) is 16.8. The summed E-state index contributed by atoms with van der Waals surface area (Å²) in [5.74, 6) is -0.123. The molecule has 1 atom stereocenters. The van der Waals surface area contributed by atoms with Gasteiger partial charge in [-0.3, -0.25) is 9.78 Å². The Balaban J connectivity index is 1.54. The van der Waals surface area contributed by atoms with Crippen molar-refractivity contribution in [3.63, 3.8) is 0 Å². The van der Waals surface area contributed by atoms with Crippen LogP contribution in [0.15, 0.2) is 54.9 Å². The summed E-state index contributed by atoms with van der Waals surface area (Å²) in [6.45, 7) is 1.71. The lowest BCUT2D eigenvalue weighted by Crippen LogP contribution is -2.41. The molecule has 2 heterocycles. The Morgan fingerprint density at radius 2 is 1.83 bits per heavy atom. The number of hydrogen-bond donors (Lipinski definition) is 0. The predicted molar refractivity (Wildman–Crippen MR) is 89.6 cm³/mol. The molecule has 3 rings (SSSR count). The summed E-state index contributed by atoms with van der Waals surface area (Å²) in [6.07, 6.45) is 5.02. The molecular formula is C19H20N2O3. The van der Waals surface area contributed by atoms with Crippen LogP contribution < -0.4 is 0 Å². The molecule has 1 aromatic heterocycles. The van der Waals surface area contributed by atoms with Crippen LogP contribution in [-0.4, -0.2) is 41.5 Å². The molecule has 0 aliphatic carbocycles. The standard InChI is InChI=1S/C19H20N2O3/c22-18(16-6-2-1-3-7-16)21-12-4-5-15(13-21)14-24-19(23)17-8-10-20-11-9-17/h1-3,6-11,15H,4-5,12-14H2. The second-order valence-corrected chi connectivity index (χ2v) is 5.96. The van der Waals surface area contributed by atoms with Crippen LogP contribution in [0.2, 0.25) is 0 Å². The van der Waals surface area contributed by atoms with Crippen molar-refractivity contribution in [1.82, 2.24) is 9.88 Å². The van der Waals surface area contributed by atoms with Gasteiger partial charge >= 0.3 is 5.97 Å². The summed E-state index contributed by atoms with van der Waals surface area (Å²) in [5, 5.41) is 0. The third-order valence-electron chi connectivity index (χ3n) is 4.19. The number of esters is 1. The average Bonchev–Trinajstić information content (AvgIpc) is 2.67. The molecule has 5 heteroatoms. The lowest BCUT2D eigenvalue weighted by atomic mass is 9.98. The predicted octanol–water partition coefficient (Wildman–Crippen LogP) is 2.79. The lowest BCUT2D eigenvalue weighted by molar-refractivity contribution is 0.0342. The number of aromatic nitrogens is 1. The SMILES string of the molecule is O=C(OCC1CCCN(C(=O)c2ccccc2)C1)c1ccncc1. The van der Waals surface area contributed by atoms with E-state index in [0.717, 1.165) is 19.4 Å². The normalized spacial score (nSPS) is 17.3. The van der Waals surface area contributed by atoms with Gasteiger partial charge in [-0.05, 0) is 37.1 Å². The van der Waals surface area contributed by atoms with Crippen LogP contribution >= 0.6 is 0 Å². The number of carbonyl (C=O) groups excluding carboxylic acids is 2. The van der Waals surface area contributed by atoms with Crippen molar-refractivity contribution in [2.45, 2.75) is 12.8 Å². The minimum Gasteiger partial charge on any atom is -0.462 e. The minimum absolute atomic E-state index is 0.0424. The molecule has 124 valence electrons. The molecular weight excluding hydrogens is 304 g/mol. The van der Waals surface area contributed by atoms with Gasteiger partial charge in [0.05, 0.1) is 12.2 Å². The van der Waals surface area contributed by atoms with E-state index in [1.165, 1.54) is 0 Å². The Hall–Kier alpha value is -2.69. The fraction of sp³-hybridized carbons (Fsp3) is 0.316. The number of piperidine rings is 1. The first-order valence-electron chi connectivity index (χ1n) is 8.15. The summed E-state index contributed by atoms with van der Waals surface area (Å²) in [6, 6.07) is 12.6. The van der Waals surface area contributed by atoms with E-state index in [1.807, 2.05) is 35.2 Å². The van der Waals surface area contributed by atoms with E-state index in [1.54, 1.807) is 24.5 Å². The molecule has 1 aliphatic heterocycles. The van der Waals surface area contributed by atoms with Gasteiger partial charge in [0.2, 0.25) is 0 Å². The topological polar surface area (TPSA) is 59.5 Å². The van der Waals surface area contributed by atoms with E-state index in [9.17, 15) is 9.59 Å². The molecule has 0 bridgehead atoms. The van der Waals surface area contributed by atoms with E-state index < -0.39 is 0 Å². The molecule has 1 aliphatic rings. The Kier molecular flexibility index (Phi) is 5.21. The third kappa shape index (κ3) is 3.98. The number of carbonyl (C=O) groups is 2. The second kappa shape index (κ2) is 7.73. The van der Waals surface area contributed by atoms with E-state index in [4.69, 9.17) is 4.74 Å². The molecule has 0 radical (unpaired) electrons. The van der Waals surface area contributed by atoms with Crippen molar-refractivity contribution in [1.29, 1.82) is 0 Å². The number of hydrogen-bond acceptors (Lipinski definition) is 4. The fourth-order valence-electron chi connectivity index (χ4n) is 2.91. The largest absolute Gasteiger partial charge is 0.462 e. The molecule has 0 spiro atoms. The summed E-state index contributed by atoms with van der Waals surface area (Å²) < 4.78 is 5.40. The molecule has 5 nitrogen and oxygen atoms in total. The molecule has 1 fully saturated rings. The minimum atomic E-state index is -0.344. The maximum absolute atomic E-state index is 12.5. The zero-order valence-electron chi connectivity index (χ0n) is 13.4. The van der Waals surface area contributed by atoms with Crippen LogP contribution in [0, 0.1) is 5.92 Å². The van der Waals surface area contributed by atoms with Gasteiger partial charge in [0.1, 0.15) is 0 Å². The Morgan fingerprint density at radius 3 is 2.58 bits per heavy atom. The highest BCUT2D eigenvalue weighted by Crippen LogP contribution is 2.19. The smallest absolute Gasteiger partial charge is 0.338 e. The summed E-state index contributed by atoms with van der Waals surface area (Å²) >= 11 is 0. The van der Waals surface area contributed by atoms with Crippen molar-refractivity contribution in [3.05, 3.63) is 66.0 Å². The summed E-state index contributed by atoms with van der Waals surface area (Å²) in [7, 11) is 0. The van der Waals surface area contributed by atoms with Gasteiger partial charge in [0.15, 0.2) is 0 Å². The first-order chi connectivity index (χ1) is 11.7. The van der Waals surface area contributed by atoms with E-state index in [-0.39, 0.29) is 17.8 Å². The highest BCUT2D eigenvalue weighted by atomic mass is 16.5. The Labute approximate surface area is 141 Å². The van der Waals surface area contributed by atoms with Gasteiger partial charge in [-0.15, -0.1) is 0 Å². The van der Waals surface area contributed by atoms with E-state index >= 15 is 0 Å². The van der Waals surface area contributed by atoms with Gasteiger partial charge in [-0.25, -0.2) is 4.79 Å². The number of pyridine rings is 1. The molecule has 1 amide bonds. The fourth-order valence-corrected chi connectivity index (χ4v) is 2.91. The van der Waals surface area contributed by atoms with Crippen LogP contribution in [0.1, 0.15) is 33.6 Å². The number of rotatable bonds is 4. The van der Waals surface area contributed by atoms with Gasteiger partial charge in [0, 0.05) is 37.0 Å². The van der Waals surface area contributed by atoms with Crippen molar-refractivity contribution in [3.8, 4) is 0 Å². The zero-order valence-corrected chi connectivity index (χ0v) is 13.4. The monoisotopic (exact) mass is 324 g/mol. The van der Waals surface area contributed by atoms with E-state index in [0.29, 0.717) is 24.3 Å². The Morgan fingerprint density at radius 1 is 1.08 bits per heavy atom. The molecule has 24 heavy (non-hydrogen) atoms. The van der Waals surface area contributed by atoms with Crippen LogP contribution in [0.25, 0.3) is 0 Å². The maximum Gasteiger partial charge on any atom is 0.338 e. The number of nitrogens with zero attached hydrogens (tertiary/aromatic N) is 2. The van der Waals surface area contributed by atoms with Crippen molar-refractivity contribution in [2.75, 3.05) is 19.7 Å². The third-order valence-corrected chi connectivity index (χ3v) is 4.19. The van der Waals surface area contributed by atoms with Gasteiger partial charge < -0.3 is 9.64 Å². The summed E-state index contributed by atoms with van der Waals surface area (Å²) in [4.78, 5) is 30.2. The molecule has 2 aromatic rings.